The van der Waals surface area contributed by atoms with Crippen LogP contribution in [0.15, 0.2) is 18.2 Å². The van der Waals surface area contributed by atoms with Crippen LogP contribution in [-0.2, 0) is 0 Å². The molecule has 2 rings (SSSR count). The fourth-order valence-corrected chi connectivity index (χ4v) is 1.73. The predicted octanol–water partition coefficient (Wildman–Crippen LogP) is 2.11. The van der Waals surface area contributed by atoms with Crippen molar-refractivity contribution in [3.63, 3.8) is 0 Å². The molecule has 0 aromatic heterocycles. The summed E-state index contributed by atoms with van der Waals surface area (Å²) in [5.74, 6) is -0.0245. The van der Waals surface area contributed by atoms with Gasteiger partial charge in [0.2, 0.25) is 0 Å². The van der Waals surface area contributed by atoms with Crippen molar-refractivity contribution in [2.75, 3.05) is 12.3 Å². The lowest BCUT2D eigenvalue weighted by molar-refractivity contribution is 0.0946. The van der Waals surface area contributed by atoms with Crippen molar-refractivity contribution in [2.24, 2.45) is 5.41 Å². The number of nitrogen functional groups attached to an aromatic ring is 1. The Bertz CT molecular complexity index is 402. The van der Waals surface area contributed by atoms with Crippen molar-refractivity contribution in [3.05, 3.63) is 29.3 Å². The minimum atomic E-state index is -0.0245. The number of rotatable bonds is 3. The Morgan fingerprint density at radius 3 is 2.69 bits per heavy atom. The van der Waals surface area contributed by atoms with Crippen LogP contribution >= 0.6 is 0 Å². The van der Waals surface area contributed by atoms with Crippen LogP contribution in [0, 0.1) is 12.3 Å². The van der Waals surface area contributed by atoms with Crippen molar-refractivity contribution in [1.82, 2.24) is 5.32 Å². The normalized spacial score (nSPS) is 16.9. The maximum absolute atomic E-state index is 11.9. The van der Waals surface area contributed by atoms with Gasteiger partial charge in [-0.2, -0.15) is 0 Å². The lowest BCUT2D eigenvalue weighted by Crippen LogP contribution is -2.29. The summed E-state index contributed by atoms with van der Waals surface area (Å²) < 4.78 is 0. The third-order valence-electron chi connectivity index (χ3n) is 3.14. The number of carbonyl (C=O) groups excluding carboxylic acids is 1. The first kappa shape index (κ1) is 11.0. The van der Waals surface area contributed by atoms with Gasteiger partial charge in [-0.05, 0) is 48.9 Å². The second-order valence-electron chi connectivity index (χ2n) is 5.13. The van der Waals surface area contributed by atoms with E-state index in [4.69, 9.17) is 5.73 Å². The third kappa shape index (κ3) is 2.54. The van der Waals surface area contributed by atoms with Crippen LogP contribution in [-0.4, -0.2) is 12.5 Å². The van der Waals surface area contributed by atoms with Crippen LogP contribution < -0.4 is 11.1 Å². The highest BCUT2D eigenvalue weighted by atomic mass is 16.1. The van der Waals surface area contributed by atoms with Crippen LogP contribution in [0.25, 0.3) is 0 Å². The Hall–Kier alpha value is -1.51. The first-order valence-electron chi connectivity index (χ1n) is 5.64. The Balaban J connectivity index is 2.02. The first-order chi connectivity index (χ1) is 7.48. The number of hydrogen-bond acceptors (Lipinski definition) is 2. The average Bonchev–Trinajstić information content (AvgIpc) is 2.92. The molecule has 1 aromatic carbocycles. The quantitative estimate of drug-likeness (QED) is 0.763. The van der Waals surface area contributed by atoms with Crippen molar-refractivity contribution in [3.8, 4) is 0 Å². The molecule has 0 saturated heterocycles. The predicted molar refractivity (Wildman–Crippen MR) is 65.3 cm³/mol. The fourth-order valence-electron chi connectivity index (χ4n) is 1.73. The molecule has 16 heavy (non-hydrogen) atoms. The summed E-state index contributed by atoms with van der Waals surface area (Å²) in [5, 5.41) is 2.96. The van der Waals surface area contributed by atoms with E-state index >= 15 is 0 Å². The van der Waals surface area contributed by atoms with Crippen LogP contribution in [0.4, 0.5) is 5.69 Å². The molecule has 3 nitrogen and oxygen atoms in total. The molecule has 1 fully saturated rings. The molecule has 1 aromatic rings. The van der Waals surface area contributed by atoms with E-state index in [1.807, 2.05) is 19.1 Å². The van der Waals surface area contributed by atoms with Gasteiger partial charge in [0, 0.05) is 17.8 Å². The summed E-state index contributed by atoms with van der Waals surface area (Å²) in [6.45, 7) is 4.90. The summed E-state index contributed by atoms with van der Waals surface area (Å²) in [7, 11) is 0. The standard InChI is InChI=1S/C13H18N2O/c1-9-5-10(7-11(14)6-9)12(16)15-8-13(2)3-4-13/h5-7H,3-4,8,14H2,1-2H3,(H,15,16). The van der Waals surface area contributed by atoms with Crippen molar-refractivity contribution in [1.29, 1.82) is 0 Å². The van der Waals surface area contributed by atoms with Gasteiger partial charge in [0.25, 0.3) is 5.91 Å². The van der Waals surface area contributed by atoms with Gasteiger partial charge in [0.05, 0.1) is 0 Å². The summed E-state index contributed by atoms with van der Waals surface area (Å²) >= 11 is 0. The largest absolute Gasteiger partial charge is 0.399 e. The summed E-state index contributed by atoms with van der Waals surface area (Å²) in [5.41, 5.74) is 8.36. The second kappa shape index (κ2) is 3.81. The Labute approximate surface area is 96.0 Å². The zero-order valence-corrected chi connectivity index (χ0v) is 9.84. The molecule has 0 radical (unpaired) electrons. The molecular formula is C13H18N2O. The van der Waals surface area contributed by atoms with Crippen molar-refractivity contribution < 1.29 is 4.79 Å². The van der Waals surface area contributed by atoms with E-state index < -0.39 is 0 Å². The Morgan fingerprint density at radius 2 is 2.12 bits per heavy atom. The molecular weight excluding hydrogens is 200 g/mol. The molecule has 0 aliphatic heterocycles. The molecule has 86 valence electrons. The molecule has 0 spiro atoms. The topological polar surface area (TPSA) is 55.1 Å². The van der Waals surface area contributed by atoms with Crippen molar-refractivity contribution >= 4 is 11.6 Å². The van der Waals surface area contributed by atoms with Gasteiger partial charge < -0.3 is 11.1 Å². The minimum absolute atomic E-state index is 0.0245. The smallest absolute Gasteiger partial charge is 0.251 e. The SMILES string of the molecule is Cc1cc(N)cc(C(=O)NCC2(C)CC2)c1. The number of carbonyl (C=O) groups is 1. The van der Waals surface area contributed by atoms with Crippen LogP contribution in [0.1, 0.15) is 35.7 Å². The number of aryl methyl sites for hydroxylation is 1. The average molecular weight is 218 g/mol. The number of nitrogens with two attached hydrogens (primary N) is 1. The van der Waals surface area contributed by atoms with Gasteiger partial charge >= 0.3 is 0 Å². The second-order valence-corrected chi connectivity index (χ2v) is 5.13. The molecule has 1 aliphatic rings. The highest BCUT2D eigenvalue weighted by molar-refractivity contribution is 5.95. The van der Waals surface area contributed by atoms with E-state index in [1.165, 1.54) is 12.8 Å². The molecule has 1 saturated carbocycles. The molecule has 3 N–H and O–H groups in total. The zero-order chi connectivity index (χ0) is 11.8. The number of amides is 1. The minimum Gasteiger partial charge on any atom is -0.399 e. The third-order valence-corrected chi connectivity index (χ3v) is 3.14. The van der Waals surface area contributed by atoms with E-state index in [0.29, 0.717) is 16.7 Å². The molecule has 0 atom stereocenters. The van der Waals surface area contributed by atoms with E-state index in [-0.39, 0.29) is 5.91 Å². The first-order valence-corrected chi connectivity index (χ1v) is 5.64. The van der Waals surface area contributed by atoms with E-state index in [2.05, 4.69) is 12.2 Å². The van der Waals surface area contributed by atoms with E-state index in [9.17, 15) is 4.79 Å². The zero-order valence-electron chi connectivity index (χ0n) is 9.84. The number of nitrogens with one attached hydrogen (secondary N) is 1. The number of benzene rings is 1. The number of anilines is 1. The summed E-state index contributed by atoms with van der Waals surface area (Å²) in [6.07, 6.45) is 2.42. The maximum atomic E-state index is 11.9. The highest BCUT2D eigenvalue weighted by Gasteiger charge is 2.37. The Kier molecular flexibility index (Phi) is 2.62. The van der Waals surface area contributed by atoms with Crippen LogP contribution in [0.2, 0.25) is 0 Å². The van der Waals surface area contributed by atoms with E-state index in [0.717, 1.165) is 12.1 Å². The Morgan fingerprint density at radius 1 is 1.44 bits per heavy atom. The molecule has 1 amide bonds. The van der Waals surface area contributed by atoms with Gasteiger partial charge in [-0.1, -0.05) is 6.92 Å². The van der Waals surface area contributed by atoms with Crippen molar-refractivity contribution in [2.45, 2.75) is 26.7 Å². The molecule has 0 unspecified atom stereocenters. The lowest BCUT2D eigenvalue weighted by Gasteiger charge is -2.10. The molecule has 0 bridgehead atoms. The van der Waals surface area contributed by atoms with Gasteiger partial charge in [-0.3, -0.25) is 4.79 Å². The van der Waals surface area contributed by atoms with Gasteiger partial charge in [0.15, 0.2) is 0 Å². The maximum Gasteiger partial charge on any atom is 0.251 e. The van der Waals surface area contributed by atoms with Crippen LogP contribution in [0.3, 0.4) is 0 Å². The monoisotopic (exact) mass is 218 g/mol. The van der Waals surface area contributed by atoms with Gasteiger partial charge in [0.1, 0.15) is 0 Å². The highest BCUT2D eigenvalue weighted by Crippen LogP contribution is 2.44. The molecule has 0 heterocycles. The fraction of sp³-hybridized carbons (Fsp3) is 0.462. The molecule has 3 heteroatoms. The summed E-state index contributed by atoms with van der Waals surface area (Å²) in [4.78, 5) is 11.9. The molecule has 1 aliphatic carbocycles. The number of hydrogen-bond donors (Lipinski definition) is 2. The summed E-state index contributed by atoms with van der Waals surface area (Å²) in [6, 6.07) is 5.44. The van der Waals surface area contributed by atoms with Gasteiger partial charge in [-0.25, -0.2) is 0 Å². The van der Waals surface area contributed by atoms with E-state index in [1.54, 1.807) is 6.07 Å². The van der Waals surface area contributed by atoms with Gasteiger partial charge in [-0.15, -0.1) is 0 Å². The lowest BCUT2D eigenvalue weighted by atomic mass is 10.1. The van der Waals surface area contributed by atoms with Crippen LogP contribution in [0.5, 0.6) is 0 Å².